The number of piperidine rings is 1. The molecule has 4 rings (SSSR count). The lowest BCUT2D eigenvalue weighted by Gasteiger charge is -2.38. The van der Waals surface area contributed by atoms with Gasteiger partial charge in [0.1, 0.15) is 5.75 Å². The van der Waals surface area contributed by atoms with Gasteiger partial charge in [-0.2, -0.15) is 5.10 Å². The van der Waals surface area contributed by atoms with E-state index in [2.05, 4.69) is 15.7 Å². The zero-order valence-electron chi connectivity index (χ0n) is 22.2. The maximum atomic E-state index is 13.8. The number of hydrazone groups is 1. The molecule has 0 bridgehead atoms. The van der Waals surface area contributed by atoms with Crippen molar-refractivity contribution in [2.24, 2.45) is 16.3 Å². The summed E-state index contributed by atoms with van der Waals surface area (Å²) in [7, 11) is 1.60. The number of nitrogens with zero attached hydrogens (tertiary/aromatic N) is 2. The van der Waals surface area contributed by atoms with Crippen LogP contribution in [-0.4, -0.2) is 66.1 Å². The molecule has 2 heterocycles. The lowest BCUT2D eigenvalue weighted by molar-refractivity contribution is -0.137. The molecule has 2 aromatic carbocycles. The second kappa shape index (κ2) is 11.2. The Labute approximate surface area is 225 Å². The molecule has 9 nitrogen and oxygen atoms in total. The van der Waals surface area contributed by atoms with Crippen molar-refractivity contribution in [1.29, 1.82) is 0 Å². The maximum absolute atomic E-state index is 13.8. The fraction of sp³-hybridized carbons (Fsp3) is 0.429. The van der Waals surface area contributed by atoms with Crippen LogP contribution < -0.4 is 21.1 Å². The predicted molar refractivity (Wildman–Crippen MR) is 141 cm³/mol. The van der Waals surface area contributed by atoms with E-state index in [1.54, 1.807) is 7.05 Å². The van der Waals surface area contributed by atoms with Crippen LogP contribution in [0.1, 0.15) is 32.3 Å². The second-order valence-corrected chi connectivity index (χ2v) is 10.6. The third kappa shape index (κ3) is 6.15. The Kier molecular flexibility index (Phi) is 8.12. The highest BCUT2D eigenvalue weighted by Crippen LogP contribution is 2.39. The summed E-state index contributed by atoms with van der Waals surface area (Å²) < 4.78 is 32.4. The minimum Gasteiger partial charge on any atom is -0.493 e. The molecule has 1 unspecified atom stereocenters. The first-order valence-corrected chi connectivity index (χ1v) is 12.8. The number of hydrogen-bond donors (Lipinski definition) is 3. The van der Waals surface area contributed by atoms with Crippen LogP contribution in [0.25, 0.3) is 0 Å². The number of nitrogens with two attached hydrogens (primary N) is 1. The Hall–Kier alpha value is -3.70. The molecule has 0 saturated carbocycles. The molecule has 2 aliphatic heterocycles. The standard InChI is InChI=1S/C28H33F2N5O4/c1-27(2,31)25(37)33-21(11-12-39-18-9-10-19(29)20(30)13-18)24(36)22-15-28(14-17-7-5-4-6-8-17)23(16-32-22)34-35(3)26(28)38/h4-10,13,21-22,32H,11-12,14-16,31H2,1-3H3,(H,33,37)/t21-,22?,28-/m1/s1. The number of ether oxygens (including phenoxy) is 1. The molecule has 1 saturated heterocycles. The van der Waals surface area contributed by atoms with Crippen LogP contribution in [-0.2, 0) is 20.8 Å². The van der Waals surface area contributed by atoms with Crippen LogP contribution >= 0.6 is 0 Å². The summed E-state index contributed by atoms with van der Waals surface area (Å²) in [6, 6.07) is 10.9. The van der Waals surface area contributed by atoms with Gasteiger partial charge in [0.2, 0.25) is 5.91 Å². The van der Waals surface area contributed by atoms with Crippen LogP contribution in [0.15, 0.2) is 53.6 Å². The summed E-state index contributed by atoms with van der Waals surface area (Å²) in [4.78, 5) is 40.0. The fourth-order valence-electron chi connectivity index (χ4n) is 4.93. The molecule has 0 aliphatic carbocycles. The summed E-state index contributed by atoms with van der Waals surface area (Å²) in [5.74, 6) is -3.04. The third-order valence-electron chi connectivity index (χ3n) is 7.09. The number of fused-ring (bicyclic) bond motifs is 1. The van der Waals surface area contributed by atoms with Gasteiger partial charge in [-0.3, -0.25) is 14.4 Å². The van der Waals surface area contributed by atoms with Crippen LogP contribution in [0.2, 0.25) is 0 Å². The average molecular weight is 542 g/mol. The van der Waals surface area contributed by atoms with Gasteiger partial charge in [0, 0.05) is 26.1 Å². The number of benzene rings is 2. The number of carbonyl (C=O) groups excluding carboxylic acids is 3. The van der Waals surface area contributed by atoms with Gasteiger partial charge >= 0.3 is 0 Å². The van der Waals surface area contributed by atoms with Crippen LogP contribution in [0, 0.1) is 17.0 Å². The first kappa shape index (κ1) is 28.3. The Balaban J connectivity index is 1.54. The predicted octanol–water partition coefficient (Wildman–Crippen LogP) is 1.94. The van der Waals surface area contributed by atoms with Gasteiger partial charge in [0.15, 0.2) is 17.4 Å². The van der Waals surface area contributed by atoms with Crippen molar-refractivity contribution in [3.8, 4) is 5.75 Å². The highest BCUT2D eigenvalue weighted by molar-refractivity contribution is 6.14. The number of Topliss-reactive ketones (excluding diaryl/α,β-unsaturated/α-hetero) is 1. The summed E-state index contributed by atoms with van der Waals surface area (Å²) >= 11 is 0. The van der Waals surface area contributed by atoms with Gasteiger partial charge in [-0.05, 0) is 44.4 Å². The van der Waals surface area contributed by atoms with Crippen LogP contribution in [0.3, 0.4) is 0 Å². The molecule has 2 amide bonds. The SMILES string of the molecule is CN1N=C2CNC(C(=O)[C@@H](CCOc3ccc(F)c(F)c3)NC(=O)C(C)(C)N)C[C@@]2(Cc2ccccc2)C1=O. The van der Waals surface area contributed by atoms with Crippen molar-refractivity contribution in [3.63, 3.8) is 0 Å². The number of carbonyl (C=O) groups is 3. The zero-order valence-corrected chi connectivity index (χ0v) is 22.2. The van der Waals surface area contributed by atoms with Gasteiger partial charge in [-0.15, -0.1) is 0 Å². The van der Waals surface area contributed by atoms with E-state index in [0.717, 1.165) is 17.7 Å². The number of hydrogen-bond acceptors (Lipinski definition) is 7. The maximum Gasteiger partial charge on any atom is 0.254 e. The van der Waals surface area contributed by atoms with E-state index in [1.807, 2.05) is 30.3 Å². The number of amides is 2. The molecular formula is C28H33F2N5O4. The highest BCUT2D eigenvalue weighted by atomic mass is 19.2. The molecule has 4 N–H and O–H groups in total. The fourth-order valence-corrected chi connectivity index (χ4v) is 4.93. The smallest absolute Gasteiger partial charge is 0.254 e. The van der Waals surface area contributed by atoms with Crippen molar-refractivity contribution in [1.82, 2.24) is 15.6 Å². The Morgan fingerprint density at radius 3 is 2.62 bits per heavy atom. The molecule has 208 valence electrons. The molecule has 0 spiro atoms. The zero-order chi connectivity index (χ0) is 28.4. The quantitative estimate of drug-likeness (QED) is 0.422. The second-order valence-electron chi connectivity index (χ2n) is 10.6. The molecule has 0 aromatic heterocycles. The minimum atomic E-state index is -1.25. The Morgan fingerprint density at radius 2 is 1.95 bits per heavy atom. The van der Waals surface area contributed by atoms with E-state index in [4.69, 9.17) is 10.5 Å². The highest BCUT2D eigenvalue weighted by Gasteiger charge is 2.54. The number of halogens is 2. The summed E-state index contributed by atoms with van der Waals surface area (Å²) in [5, 5.41) is 11.6. The van der Waals surface area contributed by atoms with Crippen LogP contribution in [0.5, 0.6) is 5.75 Å². The van der Waals surface area contributed by atoms with E-state index in [0.29, 0.717) is 12.1 Å². The van der Waals surface area contributed by atoms with Crippen molar-refractivity contribution >= 4 is 23.3 Å². The van der Waals surface area contributed by atoms with E-state index >= 15 is 0 Å². The summed E-state index contributed by atoms with van der Waals surface area (Å²) in [6.45, 7) is 3.20. The molecule has 2 aliphatic rings. The van der Waals surface area contributed by atoms with E-state index < -0.39 is 40.6 Å². The number of ketones is 1. The minimum absolute atomic E-state index is 0.0400. The monoisotopic (exact) mass is 541 g/mol. The van der Waals surface area contributed by atoms with Crippen LogP contribution in [0.4, 0.5) is 8.78 Å². The summed E-state index contributed by atoms with van der Waals surface area (Å²) in [5.41, 5.74) is 5.31. The van der Waals surface area contributed by atoms with Crippen molar-refractivity contribution < 1.29 is 27.9 Å². The van der Waals surface area contributed by atoms with Gasteiger partial charge in [-0.25, -0.2) is 13.8 Å². The van der Waals surface area contributed by atoms with Crippen molar-refractivity contribution in [3.05, 3.63) is 65.7 Å². The number of rotatable bonds is 10. The first-order chi connectivity index (χ1) is 18.4. The van der Waals surface area contributed by atoms with Crippen molar-refractivity contribution in [2.45, 2.75) is 50.7 Å². The molecule has 2 aromatic rings. The lowest BCUT2D eigenvalue weighted by Crippen LogP contribution is -2.61. The van der Waals surface area contributed by atoms with E-state index in [-0.39, 0.29) is 43.4 Å². The molecule has 3 atom stereocenters. The largest absolute Gasteiger partial charge is 0.493 e. The molecule has 11 heteroatoms. The molecule has 0 radical (unpaired) electrons. The van der Waals surface area contributed by atoms with Gasteiger partial charge in [-0.1, -0.05) is 30.3 Å². The van der Waals surface area contributed by atoms with E-state index in [9.17, 15) is 23.2 Å². The number of nitrogens with one attached hydrogen (secondary N) is 2. The Morgan fingerprint density at radius 1 is 1.23 bits per heavy atom. The Bertz CT molecular complexity index is 1280. The lowest BCUT2D eigenvalue weighted by atomic mass is 9.69. The van der Waals surface area contributed by atoms with Gasteiger partial charge in [0.25, 0.3) is 5.91 Å². The molecular weight excluding hydrogens is 508 g/mol. The van der Waals surface area contributed by atoms with Crippen molar-refractivity contribution in [2.75, 3.05) is 20.2 Å². The molecule has 1 fully saturated rings. The van der Waals surface area contributed by atoms with E-state index in [1.165, 1.54) is 24.9 Å². The molecule has 39 heavy (non-hydrogen) atoms. The van der Waals surface area contributed by atoms with Gasteiger partial charge in [0.05, 0.1) is 35.4 Å². The normalized spacial score (nSPS) is 21.7. The topological polar surface area (TPSA) is 126 Å². The first-order valence-electron chi connectivity index (χ1n) is 12.8. The van der Waals surface area contributed by atoms with Gasteiger partial charge < -0.3 is 21.1 Å². The average Bonchev–Trinajstić information content (AvgIpc) is 3.14. The summed E-state index contributed by atoms with van der Waals surface area (Å²) in [6.07, 6.45) is 0.580. The third-order valence-corrected chi connectivity index (χ3v) is 7.09.